The van der Waals surface area contributed by atoms with Gasteiger partial charge in [-0.15, -0.1) is 6.58 Å². The lowest BCUT2D eigenvalue weighted by Crippen LogP contribution is -2.06. The van der Waals surface area contributed by atoms with Gasteiger partial charge in [-0.3, -0.25) is 10.1 Å². The number of rotatable bonds is 11. The van der Waals surface area contributed by atoms with Crippen molar-refractivity contribution < 1.29 is 14.4 Å². The zero-order valence-corrected chi connectivity index (χ0v) is 17.5. The van der Waals surface area contributed by atoms with Crippen LogP contribution in [0.4, 0.5) is 11.4 Å². The molecular formula is C25H26N2O4. The zero-order chi connectivity index (χ0) is 22.1. The summed E-state index contributed by atoms with van der Waals surface area (Å²) in [6.07, 6.45) is 2.47. The first-order valence-electron chi connectivity index (χ1n) is 10.1. The van der Waals surface area contributed by atoms with Crippen molar-refractivity contribution in [2.24, 2.45) is 0 Å². The lowest BCUT2D eigenvalue weighted by atomic mass is 10.0. The number of hydrogen-bond acceptors (Lipinski definition) is 5. The van der Waals surface area contributed by atoms with Gasteiger partial charge in [-0.05, 0) is 60.9 Å². The second-order valence-electron chi connectivity index (χ2n) is 6.94. The molecule has 3 aromatic carbocycles. The Labute approximate surface area is 182 Å². The summed E-state index contributed by atoms with van der Waals surface area (Å²) in [7, 11) is 0. The first-order valence-corrected chi connectivity index (χ1v) is 10.1. The first kappa shape index (κ1) is 21.9. The van der Waals surface area contributed by atoms with E-state index < -0.39 is 4.92 Å². The quantitative estimate of drug-likeness (QED) is 0.238. The SMILES string of the molecule is C=CCc1cc(CNc2ccccc2)cc(OCC)c1OCc1ccc([N+](=O)[O-])cc1. The number of nitrogens with one attached hydrogen (secondary N) is 1. The first-order chi connectivity index (χ1) is 15.1. The lowest BCUT2D eigenvalue weighted by Gasteiger charge is -2.18. The van der Waals surface area contributed by atoms with E-state index in [9.17, 15) is 10.1 Å². The fraction of sp³-hybridized carbons (Fsp3) is 0.200. The Kier molecular flexibility index (Phi) is 7.65. The van der Waals surface area contributed by atoms with Crippen LogP contribution >= 0.6 is 0 Å². The van der Waals surface area contributed by atoms with Crippen LogP contribution in [0.5, 0.6) is 11.5 Å². The smallest absolute Gasteiger partial charge is 0.269 e. The molecular weight excluding hydrogens is 392 g/mol. The number of non-ortho nitro benzene ring substituents is 1. The second-order valence-corrected chi connectivity index (χ2v) is 6.94. The van der Waals surface area contributed by atoms with Crippen LogP contribution in [0.1, 0.15) is 23.6 Å². The summed E-state index contributed by atoms with van der Waals surface area (Å²) in [6.45, 7) is 7.24. The van der Waals surface area contributed by atoms with Crippen LogP contribution in [-0.4, -0.2) is 11.5 Å². The minimum atomic E-state index is -0.414. The molecule has 0 saturated carbocycles. The largest absolute Gasteiger partial charge is 0.490 e. The maximum atomic E-state index is 10.8. The molecule has 31 heavy (non-hydrogen) atoms. The molecule has 0 aromatic heterocycles. The van der Waals surface area contributed by atoms with E-state index in [-0.39, 0.29) is 12.3 Å². The van der Waals surface area contributed by atoms with Crippen molar-refractivity contribution >= 4 is 11.4 Å². The van der Waals surface area contributed by atoms with Crippen LogP contribution in [0.2, 0.25) is 0 Å². The van der Waals surface area contributed by atoms with Gasteiger partial charge >= 0.3 is 0 Å². The van der Waals surface area contributed by atoms with E-state index in [4.69, 9.17) is 9.47 Å². The summed E-state index contributed by atoms with van der Waals surface area (Å²) < 4.78 is 12.0. The molecule has 0 aliphatic carbocycles. The number of allylic oxidation sites excluding steroid dienone is 1. The van der Waals surface area contributed by atoms with Gasteiger partial charge in [-0.2, -0.15) is 0 Å². The maximum Gasteiger partial charge on any atom is 0.269 e. The molecule has 0 aliphatic rings. The van der Waals surface area contributed by atoms with E-state index >= 15 is 0 Å². The van der Waals surface area contributed by atoms with Crippen molar-refractivity contribution in [1.29, 1.82) is 0 Å². The molecule has 0 saturated heterocycles. The third-order valence-corrected chi connectivity index (χ3v) is 4.66. The van der Waals surface area contributed by atoms with Gasteiger partial charge < -0.3 is 14.8 Å². The normalized spacial score (nSPS) is 10.4. The third-order valence-electron chi connectivity index (χ3n) is 4.66. The van der Waals surface area contributed by atoms with Gasteiger partial charge in [0.1, 0.15) is 6.61 Å². The molecule has 0 heterocycles. The molecule has 6 nitrogen and oxygen atoms in total. The summed E-state index contributed by atoms with van der Waals surface area (Å²) >= 11 is 0. The van der Waals surface area contributed by atoms with Crippen LogP contribution in [0, 0.1) is 10.1 Å². The average molecular weight is 418 g/mol. The molecule has 6 heteroatoms. The van der Waals surface area contributed by atoms with Crippen molar-refractivity contribution in [3.8, 4) is 11.5 Å². The number of benzene rings is 3. The Morgan fingerprint density at radius 1 is 1.03 bits per heavy atom. The lowest BCUT2D eigenvalue weighted by molar-refractivity contribution is -0.384. The van der Waals surface area contributed by atoms with E-state index in [1.165, 1.54) is 12.1 Å². The van der Waals surface area contributed by atoms with Crippen LogP contribution in [0.15, 0.2) is 79.4 Å². The third kappa shape index (κ3) is 6.09. The number of nitro benzene ring substituents is 1. The highest BCUT2D eigenvalue weighted by molar-refractivity contribution is 5.52. The van der Waals surface area contributed by atoms with Crippen molar-refractivity contribution in [3.05, 3.63) is 106 Å². The standard InChI is InChI=1S/C25H26N2O4/c1-3-8-21-15-20(17-26-22-9-6-5-7-10-22)16-24(30-4-2)25(21)31-18-19-11-13-23(14-12-19)27(28)29/h3,5-7,9-16,26H,1,4,8,17-18H2,2H3. The predicted molar refractivity (Wildman–Crippen MR) is 123 cm³/mol. The summed E-state index contributed by atoms with van der Waals surface area (Å²) in [4.78, 5) is 10.4. The van der Waals surface area contributed by atoms with Gasteiger partial charge in [0.25, 0.3) is 5.69 Å². The Balaban J connectivity index is 1.81. The highest BCUT2D eigenvalue weighted by Gasteiger charge is 2.14. The number of para-hydroxylation sites is 1. The van der Waals surface area contributed by atoms with Gasteiger partial charge in [-0.25, -0.2) is 0 Å². The topological polar surface area (TPSA) is 73.6 Å². The van der Waals surface area contributed by atoms with Gasteiger partial charge in [0.05, 0.1) is 11.5 Å². The van der Waals surface area contributed by atoms with Gasteiger partial charge in [-0.1, -0.05) is 24.3 Å². The van der Waals surface area contributed by atoms with Gasteiger partial charge in [0.2, 0.25) is 0 Å². The van der Waals surface area contributed by atoms with Crippen LogP contribution in [0.25, 0.3) is 0 Å². The van der Waals surface area contributed by atoms with Crippen molar-refractivity contribution in [3.63, 3.8) is 0 Å². The molecule has 0 amide bonds. The molecule has 3 rings (SSSR count). The summed E-state index contributed by atoms with van der Waals surface area (Å²) in [5, 5.41) is 14.3. The van der Waals surface area contributed by atoms with E-state index in [1.54, 1.807) is 12.1 Å². The Morgan fingerprint density at radius 3 is 2.42 bits per heavy atom. The number of nitro groups is 1. The maximum absolute atomic E-state index is 10.8. The molecule has 160 valence electrons. The Morgan fingerprint density at radius 2 is 1.77 bits per heavy atom. The number of nitrogens with zero attached hydrogens (tertiary/aromatic N) is 1. The van der Waals surface area contributed by atoms with E-state index in [0.717, 1.165) is 22.4 Å². The fourth-order valence-electron chi connectivity index (χ4n) is 3.19. The molecule has 0 atom stereocenters. The Hall–Kier alpha value is -3.80. The van der Waals surface area contributed by atoms with E-state index in [1.807, 2.05) is 49.4 Å². The van der Waals surface area contributed by atoms with Crippen molar-refractivity contribution in [2.45, 2.75) is 26.5 Å². The summed E-state index contributed by atoms with van der Waals surface area (Å²) in [5.41, 5.74) is 4.00. The van der Waals surface area contributed by atoms with Crippen LogP contribution < -0.4 is 14.8 Å². The minimum Gasteiger partial charge on any atom is -0.490 e. The number of anilines is 1. The zero-order valence-electron chi connectivity index (χ0n) is 17.5. The fourth-order valence-corrected chi connectivity index (χ4v) is 3.19. The van der Waals surface area contributed by atoms with Crippen LogP contribution in [0.3, 0.4) is 0 Å². The Bertz CT molecular complexity index is 1020. The minimum absolute atomic E-state index is 0.0568. The summed E-state index contributed by atoms with van der Waals surface area (Å²) in [5.74, 6) is 1.34. The summed E-state index contributed by atoms with van der Waals surface area (Å²) in [6, 6.07) is 20.4. The highest BCUT2D eigenvalue weighted by Crippen LogP contribution is 2.35. The molecule has 1 N–H and O–H groups in total. The van der Waals surface area contributed by atoms with Gasteiger partial charge in [0, 0.05) is 29.9 Å². The predicted octanol–water partition coefficient (Wildman–Crippen LogP) is 5.91. The van der Waals surface area contributed by atoms with Crippen molar-refractivity contribution in [2.75, 3.05) is 11.9 Å². The van der Waals surface area contributed by atoms with Gasteiger partial charge in [0.15, 0.2) is 11.5 Å². The average Bonchev–Trinajstić information content (AvgIpc) is 2.78. The molecule has 0 unspecified atom stereocenters. The molecule has 3 aromatic rings. The number of hydrogen-bond donors (Lipinski definition) is 1. The monoisotopic (exact) mass is 418 g/mol. The number of ether oxygens (including phenoxy) is 2. The second kappa shape index (κ2) is 10.8. The molecule has 0 fully saturated rings. The molecule has 0 bridgehead atoms. The van der Waals surface area contributed by atoms with Crippen LogP contribution in [-0.2, 0) is 19.6 Å². The molecule has 0 radical (unpaired) electrons. The van der Waals surface area contributed by atoms with E-state index in [0.29, 0.717) is 31.1 Å². The highest BCUT2D eigenvalue weighted by atomic mass is 16.6. The van der Waals surface area contributed by atoms with E-state index in [2.05, 4.69) is 18.0 Å². The van der Waals surface area contributed by atoms with Crippen molar-refractivity contribution in [1.82, 2.24) is 0 Å². The molecule has 0 aliphatic heterocycles. The molecule has 0 spiro atoms.